The molecule has 0 saturated heterocycles. The molecule has 0 aliphatic rings. The van der Waals surface area contributed by atoms with Crippen LogP contribution in [-0.2, 0) is 17.8 Å². The Morgan fingerprint density at radius 1 is 1.21 bits per heavy atom. The first-order valence-corrected chi connectivity index (χ1v) is 8.99. The maximum atomic E-state index is 13.1. The molecule has 0 spiro atoms. The summed E-state index contributed by atoms with van der Waals surface area (Å²) in [5.74, 6) is -0.951. The van der Waals surface area contributed by atoms with Gasteiger partial charge in [-0.25, -0.2) is 0 Å². The average Bonchev–Trinajstić information content (AvgIpc) is 2.65. The van der Waals surface area contributed by atoms with E-state index in [1.807, 2.05) is 6.92 Å². The van der Waals surface area contributed by atoms with Crippen molar-refractivity contribution in [3.05, 3.63) is 73.3 Å². The van der Waals surface area contributed by atoms with Gasteiger partial charge in [0.05, 0.1) is 27.9 Å². The number of aryl methyl sites for hydroxylation is 1. The summed E-state index contributed by atoms with van der Waals surface area (Å²) < 4.78 is 3.38. The van der Waals surface area contributed by atoms with Crippen LogP contribution in [0, 0.1) is 14.9 Å². The van der Waals surface area contributed by atoms with Gasteiger partial charge in [0.2, 0.25) is 0 Å². The van der Waals surface area contributed by atoms with E-state index in [4.69, 9.17) is 17.3 Å². The molecule has 0 fully saturated rings. The highest BCUT2D eigenvalue weighted by molar-refractivity contribution is 7.71. The summed E-state index contributed by atoms with van der Waals surface area (Å²) >= 11 is 5.54. The van der Waals surface area contributed by atoms with Crippen molar-refractivity contribution in [3.63, 3.8) is 0 Å². The van der Waals surface area contributed by atoms with E-state index < -0.39 is 16.5 Å². The van der Waals surface area contributed by atoms with Crippen LogP contribution in [0.15, 0.2) is 47.3 Å². The number of rotatable bonds is 6. The van der Waals surface area contributed by atoms with Crippen LogP contribution in [0.5, 0.6) is 0 Å². The van der Waals surface area contributed by atoms with Crippen LogP contribution in [0.1, 0.15) is 18.9 Å². The Morgan fingerprint density at radius 2 is 1.89 bits per heavy atom. The largest absolute Gasteiger partial charge is 0.481 e. The van der Waals surface area contributed by atoms with Crippen molar-refractivity contribution < 1.29 is 14.8 Å². The minimum Gasteiger partial charge on any atom is -0.481 e. The number of aliphatic carboxylic acids is 1. The van der Waals surface area contributed by atoms with Crippen molar-refractivity contribution in [3.8, 4) is 5.69 Å². The van der Waals surface area contributed by atoms with E-state index in [1.165, 1.54) is 16.7 Å². The number of hydrogen-bond acceptors (Lipinski definition) is 5. The normalized spacial score (nSPS) is 10.9. The van der Waals surface area contributed by atoms with E-state index in [-0.39, 0.29) is 22.3 Å². The predicted octanol–water partition coefficient (Wildman–Crippen LogP) is 3.47. The molecule has 28 heavy (non-hydrogen) atoms. The van der Waals surface area contributed by atoms with Gasteiger partial charge in [-0.05, 0) is 42.4 Å². The van der Waals surface area contributed by atoms with Gasteiger partial charge >= 0.3 is 5.97 Å². The van der Waals surface area contributed by atoms with Crippen molar-refractivity contribution in [2.45, 2.75) is 26.3 Å². The summed E-state index contributed by atoms with van der Waals surface area (Å²) in [5.41, 5.74) is 0.979. The Balaban J connectivity index is 2.29. The number of hydrogen-bond donors (Lipinski definition) is 1. The monoisotopic (exact) mass is 399 g/mol. The predicted molar refractivity (Wildman–Crippen MR) is 107 cm³/mol. The average molecular weight is 399 g/mol. The molecule has 1 heterocycles. The number of non-ortho nitro benzene ring substituents is 1. The van der Waals surface area contributed by atoms with E-state index in [2.05, 4.69) is 0 Å². The van der Waals surface area contributed by atoms with E-state index in [9.17, 15) is 19.7 Å². The topological polar surface area (TPSA) is 107 Å². The number of fused-ring (bicyclic) bond motifs is 1. The fourth-order valence-electron chi connectivity index (χ4n) is 3.08. The number of carbonyl (C=O) groups is 1. The van der Waals surface area contributed by atoms with Crippen LogP contribution in [0.2, 0.25) is 0 Å². The van der Waals surface area contributed by atoms with E-state index in [0.717, 1.165) is 6.42 Å². The lowest BCUT2D eigenvalue weighted by atomic mass is 10.1. The first-order chi connectivity index (χ1) is 13.3. The second-order valence-corrected chi connectivity index (χ2v) is 6.64. The second kappa shape index (κ2) is 7.73. The first-order valence-electron chi connectivity index (χ1n) is 8.58. The van der Waals surface area contributed by atoms with Gasteiger partial charge in [-0.15, -0.1) is 0 Å². The van der Waals surface area contributed by atoms with Gasteiger partial charge in [0.15, 0.2) is 4.77 Å². The molecule has 1 aromatic heterocycles. The molecule has 0 atom stereocenters. The number of nitrogens with zero attached hydrogens (tertiary/aromatic N) is 3. The molecule has 144 valence electrons. The Morgan fingerprint density at radius 3 is 2.46 bits per heavy atom. The van der Waals surface area contributed by atoms with E-state index >= 15 is 0 Å². The fourth-order valence-corrected chi connectivity index (χ4v) is 3.46. The summed E-state index contributed by atoms with van der Waals surface area (Å²) in [4.78, 5) is 34.6. The van der Waals surface area contributed by atoms with Crippen molar-refractivity contribution in [2.75, 3.05) is 0 Å². The minimum absolute atomic E-state index is 0.129. The highest BCUT2D eigenvalue weighted by Crippen LogP contribution is 2.21. The molecule has 0 aliphatic heterocycles. The summed E-state index contributed by atoms with van der Waals surface area (Å²) in [6, 6.07) is 10.6. The van der Waals surface area contributed by atoms with Gasteiger partial charge in [-0.3, -0.25) is 24.3 Å². The molecule has 3 rings (SSSR count). The number of benzene rings is 2. The van der Waals surface area contributed by atoms with Crippen molar-refractivity contribution in [2.24, 2.45) is 0 Å². The van der Waals surface area contributed by atoms with Gasteiger partial charge in [-0.2, -0.15) is 0 Å². The zero-order valence-corrected chi connectivity index (χ0v) is 15.8. The molecule has 1 N–H and O–H groups in total. The van der Waals surface area contributed by atoms with Crippen molar-refractivity contribution >= 4 is 34.8 Å². The molecular formula is C19H17N3O5S. The molecule has 8 nitrogen and oxygen atoms in total. The Kier molecular flexibility index (Phi) is 5.36. The third kappa shape index (κ3) is 3.56. The first kappa shape index (κ1) is 19.4. The van der Waals surface area contributed by atoms with E-state index in [0.29, 0.717) is 23.3 Å². The number of carboxylic acids is 1. The molecule has 0 amide bonds. The van der Waals surface area contributed by atoms with Crippen molar-refractivity contribution in [1.29, 1.82) is 0 Å². The Hall–Kier alpha value is -3.33. The van der Waals surface area contributed by atoms with Crippen LogP contribution < -0.4 is 5.56 Å². The second-order valence-electron chi connectivity index (χ2n) is 6.27. The van der Waals surface area contributed by atoms with Crippen LogP contribution in [0.4, 0.5) is 5.69 Å². The zero-order valence-electron chi connectivity index (χ0n) is 15.0. The number of nitro groups is 1. The van der Waals surface area contributed by atoms with Crippen LogP contribution in [0.25, 0.3) is 16.6 Å². The molecular weight excluding hydrogens is 382 g/mol. The molecule has 0 saturated carbocycles. The molecule has 0 bridgehead atoms. The molecule has 0 unspecified atom stereocenters. The van der Waals surface area contributed by atoms with Gasteiger partial charge in [0.1, 0.15) is 0 Å². The lowest BCUT2D eigenvalue weighted by molar-refractivity contribution is -0.384. The molecule has 3 aromatic rings. The Labute approximate surface area is 164 Å². The Bertz CT molecular complexity index is 1200. The van der Waals surface area contributed by atoms with E-state index in [1.54, 1.807) is 34.9 Å². The highest BCUT2D eigenvalue weighted by Gasteiger charge is 2.16. The van der Waals surface area contributed by atoms with Gasteiger partial charge < -0.3 is 9.67 Å². The maximum Gasteiger partial charge on any atom is 0.307 e. The SMILES string of the molecule is CCCn1c(=S)n(-c2ccc(CC(=O)O)cc2)c(=O)c2cc([N+](=O)[O-])ccc21. The quantitative estimate of drug-likeness (QED) is 0.386. The summed E-state index contributed by atoms with van der Waals surface area (Å²) in [7, 11) is 0. The molecule has 0 radical (unpaired) electrons. The standard InChI is InChI=1S/C19H17N3O5S/c1-2-9-20-16-8-7-14(22(26)27)11-15(16)18(25)21(19(20)28)13-5-3-12(4-6-13)10-17(23)24/h3-8,11H,2,9-10H2,1H3,(H,23,24). The lowest BCUT2D eigenvalue weighted by Crippen LogP contribution is -2.24. The maximum absolute atomic E-state index is 13.1. The van der Waals surface area contributed by atoms with Gasteiger partial charge in [0, 0.05) is 18.7 Å². The van der Waals surface area contributed by atoms with Crippen LogP contribution >= 0.6 is 12.2 Å². The number of nitro benzene ring substituents is 1. The highest BCUT2D eigenvalue weighted by atomic mass is 32.1. The minimum atomic E-state index is -0.951. The third-order valence-electron chi connectivity index (χ3n) is 4.33. The van der Waals surface area contributed by atoms with Crippen LogP contribution in [0.3, 0.4) is 0 Å². The lowest BCUT2D eigenvalue weighted by Gasteiger charge is -2.15. The number of carboxylic acid groups (broad SMARTS) is 1. The van der Waals surface area contributed by atoms with Crippen molar-refractivity contribution in [1.82, 2.24) is 9.13 Å². The third-order valence-corrected chi connectivity index (χ3v) is 4.74. The van der Waals surface area contributed by atoms with Gasteiger partial charge in [-0.1, -0.05) is 19.1 Å². The summed E-state index contributed by atoms with van der Waals surface area (Å²) in [5, 5.41) is 20.2. The zero-order chi connectivity index (χ0) is 20.4. The number of aromatic nitrogens is 2. The van der Waals surface area contributed by atoms with Gasteiger partial charge in [0.25, 0.3) is 11.2 Å². The smallest absolute Gasteiger partial charge is 0.307 e. The molecule has 0 aliphatic carbocycles. The fraction of sp³-hybridized carbons (Fsp3) is 0.211. The summed E-state index contributed by atoms with van der Waals surface area (Å²) in [6.07, 6.45) is 0.631. The summed E-state index contributed by atoms with van der Waals surface area (Å²) in [6.45, 7) is 2.51. The molecule has 9 heteroatoms. The molecule has 2 aromatic carbocycles. The van der Waals surface area contributed by atoms with Crippen LogP contribution in [-0.4, -0.2) is 25.1 Å².